The Kier molecular flexibility index (Phi) is 6.04. The Morgan fingerprint density at radius 2 is 2.05 bits per heavy atom. The van der Waals surface area contributed by atoms with Gasteiger partial charge in [0.05, 0.1) is 5.75 Å². The van der Waals surface area contributed by atoms with Gasteiger partial charge in [-0.15, -0.1) is 0 Å². The minimum absolute atomic E-state index is 0.0739. The standard InChI is InChI=1S/C13H16N2O5S/c1-8(16)15-11(13(18)19)7-21(20)6-9-3-2-4-10(5-9)12(14)17/h2-5,11H,6-7H2,1H3,(H2,14,17)(H,15,16)(H,18,19). The molecule has 1 aromatic carbocycles. The van der Waals surface area contributed by atoms with Gasteiger partial charge in [-0.3, -0.25) is 13.8 Å². The number of rotatable bonds is 7. The molecule has 4 N–H and O–H groups in total. The number of amides is 2. The van der Waals surface area contributed by atoms with Crippen LogP contribution < -0.4 is 11.1 Å². The lowest BCUT2D eigenvalue weighted by Gasteiger charge is -2.12. The summed E-state index contributed by atoms with van der Waals surface area (Å²) in [6.45, 7) is 1.19. The van der Waals surface area contributed by atoms with Gasteiger partial charge in [-0.2, -0.15) is 0 Å². The van der Waals surface area contributed by atoms with Crippen molar-refractivity contribution in [2.24, 2.45) is 5.73 Å². The molecule has 0 saturated carbocycles. The molecule has 0 heterocycles. The van der Waals surface area contributed by atoms with E-state index in [0.717, 1.165) is 0 Å². The van der Waals surface area contributed by atoms with E-state index < -0.39 is 34.6 Å². The second kappa shape index (κ2) is 7.53. The maximum atomic E-state index is 12.0. The molecule has 0 fully saturated rings. The lowest BCUT2D eigenvalue weighted by Crippen LogP contribution is -2.43. The van der Waals surface area contributed by atoms with Crippen molar-refractivity contribution < 1.29 is 23.7 Å². The van der Waals surface area contributed by atoms with Gasteiger partial charge >= 0.3 is 5.97 Å². The molecule has 1 rings (SSSR count). The fourth-order valence-corrected chi connectivity index (χ4v) is 2.93. The fourth-order valence-electron chi connectivity index (χ4n) is 1.67. The van der Waals surface area contributed by atoms with Crippen LogP contribution in [0.5, 0.6) is 0 Å². The Hall–Kier alpha value is -2.22. The number of carbonyl (C=O) groups is 3. The average molecular weight is 312 g/mol. The molecular formula is C13H16N2O5S. The summed E-state index contributed by atoms with van der Waals surface area (Å²) in [6.07, 6.45) is 0. The molecule has 0 aromatic heterocycles. The van der Waals surface area contributed by atoms with Crippen LogP contribution in [0.4, 0.5) is 0 Å². The van der Waals surface area contributed by atoms with E-state index in [4.69, 9.17) is 10.8 Å². The molecular weight excluding hydrogens is 296 g/mol. The van der Waals surface area contributed by atoms with E-state index in [1.165, 1.54) is 19.1 Å². The Bertz CT molecular complexity index is 588. The van der Waals surface area contributed by atoms with Gasteiger partial charge < -0.3 is 16.2 Å². The second-order valence-electron chi connectivity index (χ2n) is 4.41. The van der Waals surface area contributed by atoms with Gasteiger partial charge in [0.2, 0.25) is 11.8 Å². The zero-order valence-electron chi connectivity index (χ0n) is 11.4. The van der Waals surface area contributed by atoms with Crippen LogP contribution in [-0.4, -0.2) is 38.9 Å². The number of carbonyl (C=O) groups excluding carboxylic acids is 2. The zero-order valence-corrected chi connectivity index (χ0v) is 12.2. The lowest BCUT2D eigenvalue weighted by atomic mass is 10.1. The first-order valence-electron chi connectivity index (χ1n) is 6.03. The van der Waals surface area contributed by atoms with Crippen LogP contribution in [0.1, 0.15) is 22.8 Å². The highest BCUT2D eigenvalue weighted by Crippen LogP contribution is 2.08. The molecule has 2 atom stereocenters. The number of primary amides is 1. The Labute approximate surface area is 124 Å². The third kappa shape index (κ3) is 5.74. The summed E-state index contributed by atoms with van der Waals surface area (Å²) < 4.78 is 12.0. The number of nitrogens with one attached hydrogen (secondary N) is 1. The van der Waals surface area contributed by atoms with Crippen LogP contribution in [0.15, 0.2) is 24.3 Å². The molecule has 0 aliphatic rings. The molecule has 7 nitrogen and oxygen atoms in total. The van der Waals surface area contributed by atoms with E-state index >= 15 is 0 Å². The molecule has 8 heteroatoms. The smallest absolute Gasteiger partial charge is 0.327 e. The van der Waals surface area contributed by atoms with Gasteiger partial charge in [-0.1, -0.05) is 12.1 Å². The summed E-state index contributed by atoms with van der Waals surface area (Å²) in [4.78, 5) is 32.9. The molecule has 1 aromatic rings. The largest absolute Gasteiger partial charge is 0.480 e. The van der Waals surface area contributed by atoms with Crippen molar-refractivity contribution in [3.05, 3.63) is 35.4 Å². The number of carboxylic acids is 1. The van der Waals surface area contributed by atoms with E-state index in [-0.39, 0.29) is 11.5 Å². The van der Waals surface area contributed by atoms with Crippen molar-refractivity contribution in [1.82, 2.24) is 5.32 Å². The van der Waals surface area contributed by atoms with Crippen molar-refractivity contribution in [2.75, 3.05) is 5.75 Å². The number of hydrogen-bond acceptors (Lipinski definition) is 4. The molecule has 0 bridgehead atoms. The summed E-state index contributed by atoms with van der Waals surface area (Å²) >= 11 is 0. The van der Waals surface area contributed by atoms with E-state index in [0.29, 0.717) is 11.1 Å². The number of benzene rings is 1. The fraction of sp³-hybridized carbons (Fsp3) is 0.308. The number of carboxylic acid groups (broad SMARTS) is 1. The van der Waals surface area contributed by atoms with Crippen LogP contribution in [0.2, 0.25) is 0 Å². The number of nitrogens with two attached hydrogens (primary N) is 1. The second-order valence-corrected chi connectivity index (χ2v) is 5.91. The average Bonchev–Trinajstić information content (AvgIpc) is 2.37. The Balaban J connectivity index is 2.72. The third-order valence-electron chi connectivity index (χ3n) is 2.57. The first kappa shape index (κ1) is 16.8. The van der Waals surface area contributed by atoms with E-state index in [1.807, 2.05) is 0 Å². The normalized spacial score (nSPS) is 13.2. The summed E-state index contributed by atoms with van der Waals surface area (Å²) in [5, 5.41) is 11.2. The molecule has 2 amide bonds. The maximum Gasteiger partial charge on any atom is 0.327 e. The number of hydrogen-bond donors (Lipinski definition) is 3. The summed E-state index contributed by atoms with van der Waals surface area (Å²) in [5.41, 5.74) is 6.05. The topological polar surface area (TPSA) is 127 Å². The highest BCUT2D eigenvalue weighted by molar-refractivity contribution is 7.84. The maximum absolute atomic E-state index is 12.0. The van der Waals surface area contributed by atoms with Crippen LogP contribution >= 0.6 is 0 Å². The molecule has 21 heavy (non-hydrogen) atoms. The highest BCUT2D eigenvalue weighted by Gasteiger charge is 2.21. The van der Waals surface area contributed by atoms with Gasteiger partial charge in [-0.05, 0) is 17.7 Å². The van der Waals surface area contributed by atoms with Crippen LogP contribution in [0, 0.1) is 0 Å². The van der Waals surface area contributed by atoms with E-state index in [1.54, 1.807) is 12.1 Å². The van der Waals surface area contributed by atoms with Gasteiger partial charge in [0, 0.05) is 29.0 Å². The van der Waals surface area contributed by atoms with Crippen LogP contribution in [0.3, 0.4) is 0 Å². The Morgan fingerprint density at radius 3 is 2.57 bits per heavy atom. The summed E-state index contributed by atoms with van der Waals surface area (Å²) in [5.74, 6) is -2.48. The molecule has 2 unspecified atom stereocenters. The first-order valence-corrected chi connectivity index (χ1v) is 7.52. The minimum Gasteiger partial charge on any atom is -0.480 e. The highest BCUT2D eigenvalue weighted by atomic mass is 32.2. The van der Waals surface area contributed by atoms with Gasteiger partial charge in [0.1, 0.15) is 6.04 Å². The van der Waals surface area contributed by atoms with Crippen LogP contribution in [0.25, 0.3) is 0 Å². The Morgan fingerprint density at radius 1 is 1.38 bits per heavy atom. The molecule has 0 radical (unpaired) electrons. The molecule has 0 saturated heterocycles. The predicted molar refractivity (Wildman–Crippen MR) is 76.9 cm³/mol. The lowest BCUT2D eigenvalue weighted by molar-refractivity contribution is -0.140. The first-order chi connectivity index (χ1) is 9.79. The van der Waals surface area contributed by atoms with Crippen molar-refractivity contribution in [1.29, 1.82) is 0 Å². The van der Waals surface area contributed by atoms with Gasteiger partial charge in [0.25, 0.3) is 0 Å². The molecule has 0 aliphatic heterocycles. The van der Waals surface area contributed by atoms with Crippen molar-refractivity contribution in [2.45, 2.75) is 18.7 Å². The van der Waals surface area contributed by atoms with Crippen LogP contribution in [-0.2, 0) is 26.1 Å². The van der Waals surface area contributed by atoms with Gasteiger partial charge in [0.15, 0.2) is 0 Å². The van der Waals surface area contributed by atoms with Gasteiger partial charge in [-0.25, -0.2) is 4.79 Å². The number of aliphatic carboxylic acids is 1. The summed E-state index contributed by atoms with van der Waals surface area (Å²) in [6, 6.07) is 5.11. The SMILES string of the molecule is CC(=O)NC(CS(=O)Cc1cccc(C(N)=O)c1)C(=O)O. The summed E-state index contributed by atoms with van der Waals surface area (Å²) in [7, 11) is -1.51. The molecule has 0 aliphatic carbocycles. The minimum atomic E-state index is -1.51. The van der Waals surface area contributed by atoms with E-state index in [9.17, 15) is 18.6 Å². The molecule has 0 spiro atoms. The molecule has 114 valence electrons. The third-order valence-corrected chi connectivity index (χ3v) is 3.93. The van der Waals surface area contributed by atoms with Crippen molar-refractivity contribution in [3.8, 4) is 0 Å². The van der Waals surface area contributed by atoms with Crippen molar-refractivity contribution in [3.63, 3.8) is 0 Å². The quantitative estimate of drug-likeness (QED) is 0.633. The predicted octanol–water partition coefficient (Wildman–Crippen LogP) is -0.376. The van der Waals surface area contributed by atoms with Crippen molar-refractivity contribution >= 4 is 28.6 Å². The van der Waals surface area contributed by atoms with E-state index in [2.05, 4.69) is 5.32 Å². The zero-order chi connectivity index (χ0) is 16.0. The monoisotopic (exact) mass is 312 g/mol.